The molecule has 0 atom stereocenters. The Labute approximate surface area is 164 Å². The van der Waals surface area contributed by atoms with E-state index >= 15 is 0 Å². The molecule has 3 rings (SSSR count). The highest BCUT2D eigenvalue weighted by Gasteiger charge is 2.30. The van der Waals surface area contributed by atoms with Gasteiger partial charge in [0.1, 0.15) is 0 Å². The minimum atomic E-state index is -4.38. The van der Waals surface area contributed by atoms with Gasteiger partial charge < -0.3 is 5.32 Å². The molecular weight excluding hydrogens is 389 g/mol. The van der Waals surface area contributed by atoms with Gasteiger partial charge in [-0.2, -0.15) is 18.3 Å². The van der Waals surface area contributed by atoms with E-state index in [2.05, 4.69) is 15.4 Å². The molecule has 1 N–H and O–H groups in total. The SMILES string of the molecule is CC(C)Cc1nn(-c2nccs2)cc1C(=O)NCc1ccc(C(F)(F)F)cc1. The van der Waals surface area contributed by atoms with Gasteiger partial charge in [0.05, 0.1) is 16.8 Å². The number of benzene rings is 1. The summed E-state index contributed by atoms with van der Waals surface area (Å²) in [5, 5.41) is 9.72. The second-order valence-corrected chi connectivity index (χ2v) is 7.60. The van der Waals surface area contributed by atoms with Gasteiger partial charge in [0.2, 0.25) is 5.13 Å². The number of hydrogen-bond acceptors (Lipinski definition) is 4. The van der Waals surface area contributed by atoms with Crippen LogP contribution in [0, 0.1) is 5.92 Å². The van der Waals surface area contributed by atoms with Crippen molar-refractivity contribution < 1.29 is 18.0 Å². The monoisotopic (exact) mass is 408 g/mol. The molecule has 0 bridgehead atoms. The lowest BCUT2D eigenvalue weighted by molar-refractivity contribution is -0.137. The van der Waals surface area contributed by atoms with E-state index in [0.717, 1.165) is 12.1 Å². The fourth-order valence-corrected chi connectivity index (χ4v) is 3.22. The van der Waals surface area contributed by atoms with Crippen molar-refractivity contribution in [1.82, 2.24) is 20.1 Å². The molecule has 28 heavy (non-hydrogen) atoms. The lowest BCUT2D eigenvalue weighted by Crippen LogP contribution is -2.23. The van der Waals surface area contributed by atoms with Crippen LogP contribution in [0.4, 0.5) is 13.2 Å². The average Bonchev–Trinajstić information content (AvgIpc) is 3.28. The number of carbonyl (C=O) groups is 1. The molecule has 1 amide bonds. The molecule has 9 heteroatoms. The molecule has 2 heterocycles. The molecule has 3 aromatic rings. The van der Waals surface area contributed by atoms with Crippen molar-refractivity contribution in [2.45, 2.75) is 33.0 Å². The third-order valence-corrected chi connectivity index (χ3v) is 4.75. The Balaban J connectivity index is 1.74. The van der Waals surface area contributed by atoms with Crippen LogP contribution in [-0.4, -0.2) is 20.7 Å². The Morgan fingerprint density at radius 2 is 1.96 bits per heavy atom. The van der Waals surface area contributed by atoms with Crippen molar-refractivity contribution in [2.75, 3.05) is 0 Å². The molecule has 0 unspecified atom stereocenters. The molecule has 0 aliphatic heterocycles. The fraction of sp³-hybridized carbons (Fsp3) is 0.316. The first-order valence-corrected chi connectivity index (χ1v) is 9.54. The van der Waals surface area contributed by atoms with E-state index in [9.17, 15) is 18.0 Å². The molecule has 1 aromatic carbocycles. The van der Waals surface area contributed by atoms with Crippen molar-refractivity contribution in [1.29, 1.82) is 0 Å². The first kappa shape index (κ1) is 20.1. The first-order chi connectivity index (χ1) is 13.2. The topological polar surface area (TPSA) is 59.8 Å². The Morgan fingerprint density at radius 1 is 1.25 bits per heavy atom. The molecule has 5 nitrogen and oxygen atoms in total. The number of carbonyl (C=O) groups excluding carboxylic acids is 1. The summed E-state index contributed by atoms with van der Waals surface area (Å²) in [6, 6.07) is 4.73. The fourth-order valence-electron chi connectivity index (χ4n) is 2.65. The van der Waals surface area contributed by atoms with Crippen LogP contribution in [0.1, 0.15) is 41.0 Å². The molecule has 0 saturated heterocycles. The number of alkyl halides is 3. The number of halogens is 3. The van der Waals surface area contributed by atoms with Crippen molar-refractivity contribution in [3.63, 3.8) is 0 Å². The summed E-state index contributed by atoms with van der Waals surface area (Å²) in [6.45, 7) is 4.19. The summed E-state index contributed by atoms with van der Waals surface area (Å²) in [5.74, 6) is -0.0144. The van der Waals surface area contributed by atoms with Gasteiger partial charge in [0.15, 0.2) is 0 Å². The number of rotatable bonds is 6. The largest absolute Gasteiger partial charge is 0.416 e. The maximum absolute atomic E-state index is 12.7. The lowest BCUT2D eigenvalue weighted by Gasteiger charge is -2.09. The highest BCUT2D eigenvalue weighted by atomic mass is 32.1. The summed E-state index contributed by atoms with van der Waals surface area (Å²) in [5.41, 5.74) is 0.969. The van der Waals surface area contributed by atoms with E-state index in [1.54, 1.807) is 17.1 Å². The number of amides is 1. The van der Waals surface area contributed by atoms with Crippen LogP contribution in [0.3, 0.4) is 0 Å². The van der Waals surface area contributed by atoms with Crippen LogP contribution in [0.2, 0.25) is 0 Å². The third-order valence-electron chi connectivity index (χ3n) is 3.99. The molecule has 0 aliphatic carbocycles. The van der Waals surface area contributed by atoms with E-state index in [4.69, 9.17) is 0 Å². The minimum Gasteiger partial charge on any atom is -0.348 e. The molecular formula is C19H19F3N4OS. The van der Waals surface area contributed by atoms with E-state index in [-0.39, 0.29) is 12.5 Å². The molecule has 0 fully saturated rings. The molecule has 2 aromatic heterocycles. The predicted octanol–water partition coefficient (Wildman–Crippen LogP) is 4.48. The Hall–Kier alpha value is -2.68. The maximum atomic E-state index is 12.7. The molecule has 0 aliphatic rings. The number of aromatic nitrogens is 3. The first-order valence-electron chi connectivity index (χ1n) is 8.67. The molecule has 0 spiro atoms. The number of nitrogens with zero attached hydrogens (tertiary/aromatic N) is 3. The van der Waals surface area contributed by atoms with Gasteiger partial charge in [0.25, 0.3) is 5.91 Å². The standard InChI is InChI=1S/C19H19F3N4OS/c1-12(2)9-16-15(11-26(25-16)18-23-7-8-28-18)17(27)24-10-13-3-5-14(6-4-13)19(20,21)22/h3-8,11-12H,9-10H2,1-2H3,(H,24,27). The molecule has 0 saturated carbocycles. The maximum Gasteiger partial charge on any atom is 0.416 e. The number of hydrogen-bond donors (Lipinski definition) is 1. The van der Waals surface area contributed by atoms with Crippen molar-refractivity contribution in [3.8, 4) is 5.13 Å². The van der Waals surface area contributed by atoms with Gasteiger partial charge in [-0.25, -0.2) is 9.67 Å². The zero-order valence-corrected chi connectivity index (χ0v) is 16.1. The van der Waals surface area contributed by atoms with Crippen molar-refractivity contribution in [3.05, 3.63) is 64.4 Å². The predicted molar refractivity (Wildman–Crippen MR) is 100 cm³/mol. The van der Waals surface area contributed by atoms with Crippen LogP contribution < -0.4 is 5.32 Å². The summed E-state index contributed by atoms with van der Waals surface area (Å²) in [4.78, 5) is 16.9. The van der Waals surface area contributed by atoms with Crippen molar-refractivity contribution >= 4 is 17.2 Å². The van der Waals surface area contributed by atoms with Crippen LogP contribution >= 0.6 is 11.3 Å². The minimum absolute atomic E-state index is 0.126. The van der Waals surface area contributed by atoms with Gasteiger partial charge in [-0.05, 0) is 30.0 Å². The second-order valence-electron chi connectivity index (χ2n) is 6.72. The second kappa shape index (κ2) is 8.14. The normalized spacial score (nSPS) is 11.8. The smallest absolute Gasteiger partial charge is 0.348 e. The molecule has 148 valence electrons. The highest BCUT2D eigenvalue weighted by molar-refractivity contribution is 7.12. The summed E-state index contributed by atoms with van der Waals surface area (Å²) >= 11 is 1.41. The van der Waals surface area contributed by atoms with Gasteiger partial charge in [0, 0.05) is 24.3 Å². The van der Waals surface area contributed by atoms with E-state index in [1.165, 1.54) is 23.5 Å². The zero-order valence-electron chi connectivity index (χ0n) is 15.3. The zero-order chi connectivity index (χ0) is 20.3. The van der Waals surface area contributed by atoms with Gasteiger partial charge in [-0.1, -0.05) is 26.0 Å². The number of thiazole rings is 1. The summed E-state index contributed by atoms with van der Waals surface area (Å²) in [7, 11) is 0. The van der Waals surface area contributed by atoms with Gasteiger partial charge in [-0.3, -0.25) is 4.79 Å². The van der Waals surface area contributed by atoms with E-state index < -0.39 is 11.7 Å². The lowest BCUT2D eigenvalue weighted by atomic mass is 10.0. The van der Waals surface area contributed by atoms with Crippen LogP contribution in [-0.2, 0) is 19.1 Å². The van der Waals surface area contributed by atoms with Crippen LogP contribution in [0.15, 0.2) is 42.0 Å². The van der Waals surface area contributed by atoms with E-state index in [1.807, 2.05) is 19.2 Å². The van der Waals surface area contributed by atoms with Gasteiger partial charge in [-0.15, -0.1) is 11.3 Å². The Bertz CT molecular complexity index is 931. The highest BCUT2D eigenvalue weighted by Crippen LogP contribution is 2.29. The molecule has 0 radical (unpaired) electrons. The summed E-state index contributed by atoms with van der Waals surface area (Å²) in [6.07, 6.45) is -0.452. The Morgan fingerprint density at radius 3 is 2.54 bits per heavy atom. The van der Waals surface area contributed by atoms with Crippen molar-refractivity contribution in [2.24, 2.45) is 5.92 Å². The number of nitrogens with one attached hydrogen (secondary N) is 1. The van der Waals surface area contributed by atoms with E-state index in [0.29, 0.717) is 34.3 Å². The quantitative estimate of drug-likeness (QED) is 0.654. The summed E-state index contributed by atoms with van der Waals surface area (Å²) < 4.78 is 39.5. The van der Waals surface area contributed by atoms with Crippen LogP contribution in [0.25, 0.3) is 5.13 Å². The third kappa shape index (κ3) is 4.78. The van der Waals surface area contributed by atoms with Crippen LogP contribution in [0.5, 0.6) is 0 Å². The average molecular weight is 408 g/mol. The van der Waals surface area contributed by atoms with Gasteiger partial charge >= 0.3 is 6.18 Å². The Kier molecular flexibility index (Phi) is 5.83.